The fourth-order valence-electron chi connectivity index (χ4n) is 5.83. The Labute approximate surface area is 397 Å². The molecule has 2 heterocycles. The van der Waals surface area contributed by atoms with Gasteiger partial charge in [-0.05, 0) is 99.9 Å². The van der Waals surface area contributed by atoms with E-state index in [0.29, 0.717) is 0 Å². The highest BCUT2D eigenvalue weighted by Crippen LogP contribution is 2.25. The molecule has 0 aromatic heterocycles. The van der Waals surface area contributed by atoms with E-state index in [2.05, 4.69) is 78.1 Å². The van der Waals surface area contributed by atoms with Crippen LogP contribution >= 0.6 is 136 Å². The van der Waals surface area contributed by atoms with Crippen LogP contribution in [0.1, 0.15) is 36.8 Å². The number of hydrogen-bond donors (Lipinski definition) is 6. The van der Waals surface area contributed by atoms with E-state index in [1.54, 1.807) is 0 Å². The monoisotopic (exact) mass is 1260 g/mol. The number of rotatable bonds is 4. The van der Waals surface area contributed by atoms with Gasteiger partial charge in [-0.3, -0.25) is 9.80 Å². The zero-order valence-corrected chi connectivity index (χ0v) is 43.9. The third-order valence-electron chi connectivity index (χ3n) is 8.13. The van der Waals surface area contributed by atoms with Gasteiger partial charge in [0.2, 0.25) is 0 Å². The molecule has 2 saturated heterocycles. The Morgan fingerprint density at radius 1 is 0.346 bits per heavy atom. The Morgan fingerprint density at radius 3 is 0.962 bits per heavy atom. The van der Waals surface area contributed by atoms with Crippen LogP contribution in [-0.2, 0) is 13.1 Å². The van der Waals surface area contributed by atoms with Gasteiger partial charge in [0.1, 0.15) is 0 Å². The predicted molar refractivity (Wildman–Crippen MR) is 267 cm³/mol. The summed E-state index contributed by atoms with van der Waals surface area (Å²) < 4.78 is 0. The van der Waals surface area contributed by atoms with Crippen LogP contribution in [0.25, 0.3) is 10.8 Å². The van der Waals surface area contributed by atoms with Gasteiger partial charge in [0.05, 0.1) is 0 Å². The summed E-state index contributed by atoms with van der Waals surface area (Å²) in [6.07, 6.45) is 4.75. The molecule has 52 heavy (non-hydrogen) atoms. The van der Waals surface area contributed by atoms with Crippen LogP contribution < -0.4 is 31.9 Å². The summed E-state index contributed by atoms with van der Waals surface area (Å²) in [7, 11) is 0. The van der Waals surface area contributed by atoms with E-state index in [0.717, 1.165) is 118 Å². The van der Waals surface area contributed by atoms with Gasteiger partial charge in [0.25, 0.3) is 0 Å². The molecule has 320 valence electrons. The van der Waals surface area contributed by atoms with Gasteiger partial charge in [0.15, 0.2) is 0 Å². The number of nitrogens with one attached hydrogen (secondary N) is 6. The number of hydrogen-bond acceptors (Lipinski definition) is 8. The fraction of sp³-hybridized carbons (Fsp3) is 0.688. The molecule has 2 aliphatic rings. The van der Waals surface area contributed by atoms with Crippen molar-refractivity contribution in [3.63, 3.8) is 0 Å². The molecule has 0 aliphatic carbocycles. The molecular weight excluding hydrogens is 1200 g/mol. The average Bonchev–Trinajstić information content (AvgIpc) is 2.98. The zero-order chi connectivity index (χ0) is 27.5. The Kier molecular flexibility index (Phi) is 70.9. The first-order valence-corrected chi connectivity index (χ1v) is 16.1. The van der Waals surface area contributed by atoms with Crippen molar-refractivity contribution in [3.8, 4) is 0 Å². The molecule has 0 atom stereocenters. The summed E-state index contributed by atoms with van der Waals surface area (Å²) >= 11 is 0. The minimum absolute atomic E-state index is 0. The van der Waals surface area contributed by atoms with Gasteiger partial charge in [-0.1, -0.05) is 36.4 Å². The molecule has 2 aromatic rings. The van der Waals surface area contributed by atoms with E-state index in [1.165, 1.54) is 47.6 Å². The van der Waals surface area contributed by atoms with E-state index < -0.39 is 0 Å². The molecule has 0 bridgehead atoms. The molecule has 0 amide bonds. The highest BCUT2D eigenvalue weighted by Gasteiger charge is 2.13. The van der Waals surface area contributed by atoms with Crippen molar-refractivity contribution in [2.75, 3.05) is 105 Å². The highest BCUT2D eigenvalue weighted by atomic mass is 79.9. The number of halogens is 8. The molecule has 2 aromatic carbocycles. The van der Waals surface area contributed by atoms with E-state index in [9.17, 15) is 0 Å². The highest BCUT2D eigenvalue weighted by molar-refractivity contribution is 8.93. The van der Waals surface area contributed by atoms with E-state index >= 15 is 0 Å². The third-order valence-corrected chi connectivity index (χ3v) is 8.13. The van der Waals surface area contributed by atoms with Crippen molar-refractivity contribution in [1.29, 1.82) is 0 Å². The van der Waals surface area contributed by atoms with E-state index in [-0.39, 0.29) is 158 Å². The van der Waals surface area contributed by atoms with Gasteiger partial charge in [-0.25, -0.2) is 0 Å². The van der Waals surface area contributed by atoms with Crippen LogP contribution in [0.5, 0.6) is 0 Å². The van der Waals surface area contributed by atoms with E-state index in [4.69, 9.17) is 0 Å². The van der Waals surface area contributed by atoms with Gasteiger partial charge in [-0.2, -0.15) is 0 Å². The lowest BCUT2D eigenvalue weighted by Crippen LogP contribution is -2.37. The second kappa shape index (κ2) is 49.2. The normalized spacial score (nSPS) is 16.8. The average molecular weight is 1270 g/mol. The molecule has 20 heteroatoms. The van der Waals surface area contributed by atoms with Gasteiger partial charge in [-0.15, -0.1) is 136 Å². The number of fused-ring (bicyclic) bond motifs is 1. The van der Waals surface area contributed by atoms with Crippen molar-refractivity contribution in [2.45, 2.75) is 38.8 Å². The summed E-state index contributed by atoms with van der Waals surface area (Å²) in [6, 6.07) is 13.9. The molecule has 0 unspecified atom stereocenters. The molecule has 4 rings (SSSR count). The van der Waals surface area contributed by atoms with Crippen molar-refractivity contribution < 1.29 is 21.9 Å². The maximum absolute atomic E-state index is 3.66. The zero-order valence-electron chi connectivity index (χ0n) is 30.2. The molecule has 14 N–H and O–H groups in total. The van der Waals surface area contributed by atoms with Crippen molar-refractivity contribution in [1.82, 2.24) is 41.7 Å². The molecule has 2 fully saturated rings. The molecule has 0 radical (unpaired) electrons. The van der Waals surface area contributed by atoms with Crippen molar-refractivity contribution in [2.24, 2.45) is 0 Å². The van der Waals surface area contributed by atoms with Gasteiger partial charge < -0.3 is 53.8 Å². The molecule has 2 aliphatic heterocycles. The Hall–Kier alpha value is 2.06. The van der Waals surface area contributed by atoms with Crippen LogP contribution in [0.15, 0.2) is 36.4 Å². The van der Waals surface area contributed by atoms with Crippen LogP contribution in [-0.4, -0.2) is 136 Å². The first-order chi connectivity index (χ1) is 19.9. The topological polar surface area (TPSA) is 205 Å². The fourth-order valence-corrected chi connectivity index (χ4v) is 5.83. The van der Waals surface area contributed by atoms with Crippen LogP contribution in [0, 0.1) is 0 Å². The number of benzene rings is 2. The standard InChI is InChI=1S/C32H56N8.8BrH.4H2O/c1-2-8-32-30(28-40-24-6-16-36-20-18-34-12-4-14-38-22-26-40)10-9-29(31(32)7-1)27-39-23-5-15-35-19-17-33-11-3-13-37-21-25-39;;;;;;;;;;;;/h1-2,7-10,33-38H,3-6,11-28H2;8*1H;4*1H2. The van der Waals surface area contributed by atoms with Crippen molar-refractivity contribution in [3.05, 3.63) is 47.5 Å². The summed E-state index contributed by atoms with van der Waals surface area (Å²) in [5, 5.41) is 24.4. The summed E-state index contributed by atoms with van der Waals surface area (Å²) in [5.41, 5.74) is 2.91. The van der Waals surface area contributed by atoms with Gasteiger partial charge >= 0.3 is 0 Å². The minimum Gasteiger partial charge on any atom is -0.412 e. The maximum Gasteiger partial charge on any atom is 0.0240 e. The predicted octanol–water partition coefficient (Wildman–Crippen LogP) is 2.89. The Balaban J connectivity index is -0.000000220. The molecular formula is C32H72Br8N8O4. The minimum atomic E-state index is 0. The summed E-state index contributed by atoms with van der Waals surface area (Å²) in [4.78, 5) is 5.30. The van der Waals surface area contributed by atoms with Crippen LogP contribution in [0.4, 0.5) is 0 Å². The second-order valence-corrected chi connectivity index (χ2v) is 11.4. The molecule has 0 saturated carbocycles. The Morgan fingerprint density at radius 2 is 0.635 bits per heavy atom. The molecule has 12 nitrogen and oxygen atoms in total. The third kappa shape index (κ3) is 31.1. The quantitative estimate of drug-likeness (QED) is 0.268. The lowest BCUT2D eigenvalue weighted by molar-refractivity contribution is 0.259. The van der Waals surface area contributed by atoms with Crippen LogP contribution in [0.3, 0.4) is 0 Å². The lowest BCUT2D eigenvalue weighted by Gasteiger charge is -2.26. The van der Waals surface area contributed by atoms with E-state index in [1.807, 2.05) is 0 Å². The molecule has 0 spiro atoms. The van der Waals surface area contributed by atoms with Crippen LogP contribution in [0.2, 0.25) is 0 Å². The Bertz CT molecular complexity index is 887. The smallest absolute Gasteiger partial charge is 0.0240 e. The summed E-state index contributed by atoms with van der Waals surface area (Å²) in [6.45, 7) is 19.3. The first kappa shape index (κ1) is 75.0. The number of nitrogens with zero attached hydrogens (tertiary/aromatic N) is 2. The first-order valence-electron chi connectivity index (χ1n) is 16.1. The van der Waals surface area contributed by atoms with Crippen molar-refractivity contribution >= 4 is 147 Å². The summed E-state index contributed by atoms with van der Waals surface area (Å²) in [5.74, 6) is 0. The lowest BCUT2D eigenvalue weighted by atomic mass is 9.98. The second-order valence-electron chi connectivity index (χ2n) is 11.4. The maximum atomic E-state index is 3.66. The largest absolute Gasteiger partial charge is 0.412 e. The van der Waals surface area contributed by atoms with Gasteiger partial charge in [0, 0.05) is 65.4 Å². The SMILES string of the molecule is Br.Br.Br.Br.Br.Br.Br.Br.O.O.O.O.c1ccc2c(CN3CCCNCCNCCCNCC3)ccc(CN3CCCNCCNCCCNCC3)c2c1.